The summed E-state index contributed by atoms with van der Waals surface area (Å²) in [6.07, 6.45) is 0. The summed E-state index contributed by atoms with van der Waals surface area (Å²) in [5.41, 5.74) is 10.1. The highest BCUT2D eigenvalue weighted by Gasteiger charge is 2.27. The normalized spacial score (nSPS) is 11.6. The molecule has 66 heavy (non-hydrogen) atoms. The van der Waals surface area contributed by atoms with E-state index in [4.69, 9.17) is 0 Å². The Balaban J connectivity index is 0.00000111. The summed E-state index contributed by atoms with van der Waals surface area (Å²) in [5.74, 6) is 0. The minimum Gasteiger partial charge on any atom is -0.0683 e. The maximum atomic E-state index is 2.53. The van der Waals surface area contributed by atoms with Gasteiger partial charge in [-0.05, 0) is 160 Å². The molecular weight excluding hydrogens is 793 g/mol. The fourth-order valence-corrected chi connectivity index (χ4v) is 11.4. The highest BCUT2D eigenvalue weighted by Crippen LogP contribution is 2.55. The first kappa shape index (κ1) is 39.5. The van der Waals surface area contributed by atoms with Crippen LogP contribution in [0.15, 0.2) is 218 Å². The molecule has 0 aliphatic heterocycles. The van der Waals surface area contributed by atoms with Crippen LogP contribution in [0.25, 0.3) is 141 Å². The topological polar surface area (TPSA) is 0 Å². The number of fused-ring (bicyclic) bond motifs is 11. The van der Waals surface area contributed by atoms with Gasteiger partial charge in [0.25, 0.3) is 0 Å². The second-order valence-corrected chi connectivity index (χ2v) is 17.0. The van der Waals surface area contributed by atoms with E-state index in [1.165, 1.54) is 141 Å². The van der Waals surface area contributed by atoms with E-state index in [0.717, 1.165) is 0 Å². The molecule has 0 spiro atoms. The Morgan fingerprint density at radius 1 is 0.197 bits per heavy atom. The fourth-order valence-electron chi connectivity index (χ4n) is 11.4. The number of benzene rings is 12. The van der Waals surface area contributed by atoms with Crippen molar-refractivity contribution in [2.75, 3.05) is 0 Å². The Kier molecular flexibility index (Phi) is 9.51. The van der Waals surface area contributed by atoms with Crippen molar-refractivity contribution in [1.29, 1.82) is 0 Å². The SMILES string of the molecule is CC.CC.c1ccc(-c2ccc3ccccc3c2-c2ccc3cc4c5c(-c6ccccc6)c6c(cc7c8ccccc8c8cccc6c87)c(-c6ccccc6)c5c5cccc(c3c2)c54)cc1. The molecule has 312 valence electrons. The third-order valence-corrected chi connectivity index (χ3v) is 13.9. The predicted molar refractivity (Wildman–Crippen MR) is 291 cm³/mol. The van der Waals surface area contributed by atoms with E-state index in [1.807, 2.05) is 27.7 Å². The molecule has 0 heteroatoms. The monoisotopic (exact) mass is 840 g/mol. The van der Waals surface area contributed by atoms with Crippen LogP contribution in [0.1, 0.15) is 27.7 Å². The predicted octanol–water partition coefficient (Wildman–Crippen LogP) is 19.7. The van der Waals surface area contributed by atoms with Gasteiger partial charge in [0.05, 0.1) is 0 Å². The van der Waals surface area contributed by atoms with Crippen LogP contribution >= 0.6 is 0 Å². The molecule has 0 radical (unpaired) electrons. The van der Waals surface area contributed by atoms with Crippen molar-refractivity contribution in [3.8, 4) is 44.5 Å². The van der Waals surface area contributed by atoms with Gasteiger partial charge in [-0.15, -0.1) is 0 Å². The number of hydrogen-bond donors (Lipinski definition) is 0. The first-order valence-electron chi connectivity index (χ1n) is 23.7. The number of hydrogen-bond acceptors (Lipinski definition) is 0. The Hall–Kier alpha value is -8.06. The molecule has 0 nitrogen and oxygen atoms in total. The average Bonchev–Trinajstić information content (AvgIpc) is 3.90. The summed E-state index contributed by atoms with van der Waals surface area (Å²) in [6, 6.07) is 81.7. The molecule has 0 N–H and O–H groups in total. The van der Waals surface area contributed by atoms with Crippen LogP contribution in [0.2, 0.25) is 0 Å². The van der Waals surface area contributed by atoms with Gasteiger partial charge in [0, 0.05) is 0 Å². The van der Waals surface area contributed by atoms with E-state index < -0.39 is 0 Å². The van der Waals surface area contributed by atoms with Gasteiger partial charge in [0.1, 0.15) is 0 Å². The lowest BCUT2D eigenvalue weighted by atomic mass is 9.83. The van der Waals surface area contributed by atoms with Crippen molar-refractivity contribution in [2.45, 2.75) is 27.7 Å². The Morgan fingerprint density at radius 2 is 0.682 bits per heavy atom. The van der Waals surface area contributed by atoms with E-state index >= 15 is 0 Å². The van der Waals surface area contributed by atoms with Crippen molar-refractivity contribution in [1.82, 2.24) is 0 Å². The molecular formula is C66H48. The maximum Gasteiger partial charge on any atom is -0.000697 e. The van der Waals surface area contributed by atoms with E-state index in [1.54, 1.807) is 0 Å². The zero-order chi connectivity index (χ0) is 44.5. The smallest absolute Gasteiger partial charge is 0.000697 e. The maximum absolute atomic E-state index is 2.53. The molecule has 14 aromatic carbocycles. The van der Waals surface area contributed by atoms with Gasteiger partial charge in [0.15, 0.2) is 0 Å². The van der Waals surface area contributed by atoms with Crippen LogP contribution in [0.5, 0.6) is 0 Å². The minimum atomic E-state index is 1.23. The highest BCUT2D eigenvalue weighted by atomic mass is 14.3. The summed E-state index contributed by atoms with van der Waals surface area (Å²) in [7, 11) is 0. The van der Waals surface area contributed by atoms with Gasteiger partial charge in [-0.1, -0.05) is 228 Å². The molecule has 14 aromatic rings. The second kappa shape index (κ2) is 15.9. The lowest BCUT2D eigenvalue weighted by Crippen LogP contribution is -1.91. The van der Waals surface area contributed by atoms with E-state index in [9.17, 15) is 0 Å². The van der Waals surface area contributed by atoms with Crippen molar-refractivity contribution in [3.05, 3.63) is 218 Å². The average molecular weight is 841 g/mol. The third kappa shape index (κ3) is 5.71. The number of rotatable bonds is 4. The van der Waals surface area contributed by atoms with Crippen molar-refractivity contribution in [2.24, 2.45) is 0 Å². The minimum absolute atomic E-state index is 1.23. The van der Waals surface area contributed by atoms with Gasteiger partial charge in [-0.2, -0.15) is 0 Å². The summed E-state index contributed by atoms with van der Waals surface area (Å²) in [6.45, 7) is 8.00. The zero-order valence-corrected chi connectivity index (χ0v) is 37.8. The molecule has 0 aliphatic rings. The molecule has 14 rings (SSSR count). The molecule has 0 amide bonds. The lowest BCUT2D eigenvalue weighted by molar-refractivity contribution is 1.50. The molecule has 0 heterocycles. The summed E-state index contributed by atoms with van der Waals surface area (Å²) in [4.78, 5) is 0. The summed E-state index contributed by atoms with van der Waals surface area (Å²) < 4.78 is 0. The molecule has 0 unspecified atom stereocenters. The highest BCUT2D eigenvalue weighted by molar-refractivity contribution is 6.46. The Bertz CT molecular complexity index is 4110. The molecule has 0 atom stereocenters. The van der Waals surface area contributed by atoms with Gasteiger partial charge < -0.3 is 0 Å². The van der Waals surface area contributed by atoms with Crippen LogP contribution in [-0.4, -0.2) is 0 Å². The molecule has 0 fully saturated rings. The van der Waals surface area contributed by atoms with Crippen LogP contribution in [-0.2, 0) is 0 Å². The van der Waals surface area contributed by atoms with E-state index in [0.29, 0.717) is 0 Å². The van der Waals surface area contributed by atoms with Crippen LogP contribution in [0.3, 0.4) is 0 Å². The first-order chi connectivity index (χ1) is 32.8. The van der Waals surface area contributed by atoms with Gasteiger partial charge in [0.2, 0.25) is 0 Å². The van der Waals surface area contributed by atoms with Crippen LogP contribution in [0.4, 0.5) is 0 Å². The Morgan fingerprint density at radius 3 is 1.36 bits per heavy atom. The summed E-state index contributed by atoms with van der Waals surface area (Å²) >= 11 is 0. The van der Waals surface area contributed by atoms with Gasteiger partial charge in [-0.25, -0.2) is 0 Å². The molecule has 0 aromatic heterocycles. The molecule has 0 aliphatic carbocycles. The summed E-state index contributed by atoms with van der Waals surface area (Å²) in [5, 5.41) is 23.5. The standard InChI is InChI=1S/C62H36.2C2H6/c1-4-16-37(17-5-1)44-33-32-38-18-10-11-23-43(38)55(44)42-31-30-41-34-53-59-48(51(41)35-42)27-15-29-50(59)61-56(39-19-6-2-7-20-39)54-36-52-46-25-13-12-24-45(46)47-26-14-28-49(58(47)52)60(54)57(62(53)61)40-21-8-3-9-22-40;2*1-2/h1-36H;2*1-2H3. The largest absolute Gasteiger partial charge is 0.0683 e. The molecule has 0 saturated carbocycles. The second-order valence-electron chi connectivity index (χ2n) is 17.0. The zero-order valence-electron chi connectivity index (χ0n) is 37.8. The van der Waals surface area contributed by atoms with Gasteiger partial charge in [-0.3, -0.25) is 0 Å². The molecule has 0 bridgehead atoms. The van der Waals surface area contributed by atoms with Crippen molar-refractivity contribution < 1.29 is 0 Å². The van der Waals surface area contributed by atoms with Crippen molar-refractivity contribution in [3.63, 3.8) is 0 Å². The van der Waals surface area contributed by atoms with E-state index in [-0.39, 0.29) is 0 Å². The Labute approximate surface area is 385 Å². The lowest BCUT2D eigenvalue weighted by Gasteiger charge is -2.19. The van der Waals surface area contributed by atoms with E-state index in [2.05, 4.69) is 218 Å². The quantitative estimate of drug-likeness (QED) is 0.155. The van der Waals surface area contributed by atoms with Crippen LogP contribution in [0, 0.1) is 0 Å². The first-order valence-corrected chi connectivity index (χ1v) is 23.7. The third-order valence-electron chi connectivity index (χ3n) is 13.9. The van der Waals surface area contributed by atoms with Crippen molar-refractivity contribution >= 4 is 97.0 Å². The fraction of sp³-hybridized carbons (Fsp3) is 0.0606. The molecule has 0 saturated heterocycles. The van der Waals surface area contributed by atoms with Crippen LogP contribution < -0.4 is 0 Å². The van der Waals surface area contributed by atoms with Gasteiger partial charge >= 0.3 is 0 Å².